The molecule has 0 saturated heterocycles. The van der Waals surface area contributed by atoms with Crippen molar-refractivity contribution in [2.24, 2.45) is 5.41 Å². The number of benzene rings is 1. The van der Waals surface area contributed by atoms with Gasteiger partial charge in [0.25, 0.3) is 5.56 Å². The molecule has 1 atom stereocenters. The molecule has 2 heterocycles. The molecule has 4 rings (SSSR count). The van der Waals surface area contributed by atoms with E-state index in [-0.39, 0.29) is 34.6 Å². The average Bonchev–Trinajstić information content (AvgIpc) is 2.81. The van der Waals surface area contributed by atoms with Crippen molar-refractivity contribution in [3.63, 3.8) is 0 Å². The van der Waals surface area contributed by atoms with Crippen LogP contribution >= 0.6 is 0 Å². The Kier molecular flexibility index (Phi) is 6.77. The van der Waals surface area contributed by atoms with Crippen LogP contribution < -0.4 is 16.6 Å². The molecule has 1 aliphatic rings. The van der Waals surface area contributed by atoms with E-state index in [1.807, 2.05) is 43.3 Å². The second-order valence-corrected chi connectivity index (χ2v) is 9.54. The summed E-state index contributed by atoms with van der Waals surface area (Å²) in [5.41, 5.74) is 8.47. The minimum absolute atomic E-state index is 0.0741. The third kappa shape index (κ3) is 4.79. The highest BCUT2D eigenvalue weighted by Crippen LogP contribution is 2.37. The third-order valence-electron chi connectivity index (χ3n) is 6.25. The van der Waals surface area contributed by atoms with Crippen molar-refractivity contribution in [1.82, 2.24) is 14.5 Å². The van der Waals surface area contributed by atoms with Gasteiger partial charge in [-0.25, -0.2) is 9.97 Å². The number of hydrogen-bond donors (Lipinski definition) is 4. The van der Waals surface area contributed by atoms with Gasteiger partial charge in [0.05, 0.1) is 17.5 Å². The van der Waals surface area contributed by atoms with Gasteiger partial charge in [-0.2, -0.15) is 0 Å². The number of rotatable bonds is 5. The molecule has 5 N–H and O–H groups in total. The number of hydrogen-bond acceptors (Lipinski definition) is 7. The number of nitrogens with one attached hydrogen (secondary N) is 2. The molecule has 8 nitrogen and oxygen atoms in total. The molecule has 2 aromatic heterocycles. The lowest BCUT2D eigenvalue weighted by molar-refractivity contribution is 0.253. The van der Waals surface area contributed by atoms with Crippen LogP contribution in [0.1, 0.15) is 44.0 Å². The summed E-state index contributed by atoms with van der Waals surface area (Å²) < 4.78 is 1.79. The zero-order valence-electron chi connectivity index (χ0n) is 20.9. The molecule has 0 spiro atoms. The number of nitrogen functional groups attached to an aromatic ring is 1. The average molecular weight is 483 g/mol. The maximum absolute atomic E-state index is 13.9. The topological polar surface area (TPSA) is 130 Å². The van der Waals surface area contributed by atoms with Crippen molar-refractivity contribution in [2.45, 2.75) is 46.8 Å². The fourth-order valence-corrected chi connectivity index (χ4v) is 4.41. The van der Waals surface area contributed by atoms with Crippen LogP contribution in [0.2, 0.25) is 0 Å². The van der Waals surface area contributed by atoms with Gasteiger partial charge in [-0.15, -0.1) is 0 Å². The standard InChI is InChI=1S/C28H30N6O2/c1-17-8-7-9-19-14-20(34(27(36)23(17)19)22-10-5-6-13-28(22,3)4)15-31-26-24(25(30)32-16-33-26)21(29)12-11-18(2)35/h5-10,14,16,18,29,35H,13,15H2,1-4H3,(H3,30,31,32,33)/t18-/m1/s1. The van der Waals surface area contributed by atoms with E-state index >= 15 is 0 Å². The molecular weight excluding hydrogens is 452 g/mol. The van der Waals surface area contributed by atoms with E-state index in [0.717, 1.165) is 28.8 Å². The number of aromatic nitrogens is 3. The molecule has 0 amide bonds. The SMILES string of the molecule is Cc1cccc2cc(CNc3ncnc(N)c3C(=N)C#C[C@@H](C)O)n(C3=CC=CCC3(C)C)c(=O)c12. The minimum atomic E-state index is -0.885. The van der Waals surface area contributed by atoms with Crippen LogP contribution in [0, 0.1) is 29.6 Å². The smallest absolute Gasteiger partial charge is 0.263 e. The fraction of sp³-hybridized carbons (Fsp3) is 0.286. The molecule has 0 unspecified atom stereocenters. The first-order valence-electron chi connectivity index (χ1n) is 11.7. The highest BCUT2D eigenvalue weighted by molar-refractivity contribution is 6.16. The van der Waals surface area contributed by atoms with Crippen LogP contribution in [0.15, 0.2) is 53.6 Å². The van der Waals surface area contributed by atoms with E-state index in [1.54, 1.807) is 4.57 Å². The number of allylic oxidation sites excluding steroid dienone is 4. The molecule has 0 aliphatic heterocycles. The van der Waals surface area contributed by atoms with Gasteiger partial charge in [-0.3, -0.25) is 14.8 Å². The molecular formula is C28H30N6O2. The predicted molar refractivity (Wildman–Crippen MR) is 145 cm³/mol. The number of aryl methyl sites for hydroxylation is 1. The van der Waals surface area contributed by atoms with Crippen molar-refractivity contribution in [3.8, 4) is 11.8 Å². The van der Waals surface area contributed by atoms with Gasteiger partial charge < -0.3 is 16.2 Å². The molecule has 184 valence electrons. The van der Waals surface area contributed by atoms with E-state index in [9.17, 15) is 9.90 Å². The largest absolute Gasteiger partial charge is 0.383 e. The van der Waals surface area contributed by atoms with Crippen molar-refractivity contribution in [2.75, 3.05) is 11.1 Å². The van der Waals surface area contributed by atoms with E-state index < -0.39 is 6.10 Å². The monoisotopic (exact) mass is 482 g/mol. The Morgan fingerprint density at radius 2 is 2.14 bits per heavy atom. The summed E-state index contributed by atoms with van der Waals surface area (Å²) in [4.78, 5) is 22.2. The number of aliphatic hydroxyl groups excluding tert-OH is 1. The molecule has 3 aromatic rings. The lowest BCUT2D eigenvalue weighted by atomic mass is 9.82. The van der Waals surface area contributed by atoms with Crippen LogP contribution in [0.3, 0.4) is 0 Å². The first kappa shape index (κ1) is 24.9. The van der Waals surface area contributed by atoms with Crippen LogP contribution in [-0.2, 0) is 6.54 Å². The molecule has 0 radical (unpaired) electrons. The van der Waals surface area contributed by atoms with Gasteiger partial charge in [0, 0.05) is 16.8 Å². The van der Waals surface area contributed by atoms with Gasteiger partial charge in [-0.1, -0.05) is 50.1 Å². The predicted octanol–water partition coefficient (Wildman–Crippen LogP) is 3.87. The summed E-state index contributed by atoms with van der Waals surface area (Å²) in [7, 11) is 0. The highest BCUT2D eigenvalue weighted by Gasteiger charge is 2.28. The normalized spacial score (nSPS) is 15.1. The molecule has 1 aliphatic carbocycles. The van der Waals surface area contributed by atoms with E-state index in [0.29, 0.717) is 11.2 Å². The molecule has 1 aromatic carbocycles. The number of aliphatic hydroxyl groups is 1. The second-order valence-electron chi connectivity index (χ2n) is 9.54. The lowest BCUT2D eigenvalue weighted by Crippen LogP contribution is -2.31. The summed E-state index contributed by atoms with van der Waals surface area (Å²) in [6, 6.07) is 7.83. The maximum atomic E-state index is 13.9. The Balaban J connectivity index is 1.84. The first-order valence-corrected chi connectivity index (χ1v) is 11.7. The lowest BCUT2D eigenvalue weighted by Gasteiger charge is -2.32. The number of pyridine rings is 1. The molecule has 0 fully saturated rings. The first-order chi connectivity index (χ1) is 17.1. The highest BCUT2D eigenvalue weighted by atomic mass is 16.3. The molecule has 36 heavy (non-hydrogen) atoms. The van der Waals surface area contributed by atoms with Gasteiger partial charge in [0.15, 0.2) is 0 Å². The Hall–Kier alpha value is -4.22. The summed E-state index contributed by atoms with van der Waals surface area (Å²) in [6.45, 7) is 7.96. The molecule has 0 bridgehead atoms. The van der Waals surface area contributed by atoms with Crippen LogP contribution in [0.25, 0.3) is 16.5 Å². The van der Waals surface area contributed by atoms with E-state index in [1.165, 1.54) is 13.3 Å². The zero-order valence-corrected chi connectivity index (χ0v) is 20.9. The minimum Gasteiger partial charge on any atom is -0.383 e. The van der Waals surface area contributed by atoms with Crippen LogP contribution in [0.4, 0.5) is 11.6 Å². The maximum Gasteiger partial charge on any atom is 0.263 e. The van der Waals surface area contributed by atoms with E-state index in [4.69, 9.17) is 11.1 Å². The fourth-order valence-electron chi connectivity index (χ4n) is 4.41. The Morgan fingerprint density at radius 1 is 1.36 bits per heavy atom. The number of nitrogens with zero attached hydrogens (tertiary/aromatic N) is 3. The number of fused-ring (bicyclic) bond motifs is 1. The van der Waals surface area contributed by atoms with Crippen molar-refractivity contribution >= 4 is 33.8 Å². The molecule has 8 heteroatoms. The Labute approximate surface area is 210 Å². The number of anilines is 2. The van der Waals surface area contributed by atoms with Gasteiger partial charge in [0.1, 0.15) is 29.8 Å². The van der Waals surface area contributed by atoms with Gasteiger partial charge in [0.2, 0.25) is 0 Å². The summed E-state index contributed by atoms with van der Waals surface area (Å²) in [6.07, 6.45) is 7.32. The Bertz CT molecular complexity index is 1530. The van der Waals surface area contributed by atoms with Crippen molar-refractivity contribution in [3.05, 3.63) is 76.0 Å². The summed E-state index contributed by atoms with van der Waals surface area (Å²) >= 11 is 0. The zero-order chi connectivity index (χ0) is 26.0. The molecule has 0 saturated carbocycles. The second kappa shape index (κ2) is 9.80. The van der Waals surface area contributed by atoms with Crippen molar-refractivity contribution in [1.29, 1.82) is 5.41 Å². The summed E-state index contributed by atoms with van der Waals surface area (Å²) in [5.74, 6) is 5.58. The van der Waals surface area contributed by atoms with Crippen LogP contribution in [-0.4, -0.2) is 31.5 Å². The quantitative estimate of drug-likeness (QED) is 0.323. The van der Waals surface area contributed by atoms with E-state index in [2.05, 4.69) is 47.0 Å². The van der Waals surface area contributed by atoms with Crippen molar-refractivity contribution < 1.29 is 5.11 Å². The van der Waals surface area contributed by atoms with Gasteiger partial charge in [-0.05, 0) is 49.3 Å². The Morgan fingerprint density at radius 3 is 2.86 bits per heavy atom. The summed E-state index contributed by atoms with van der Waals surface area (Å²) in [5, 5.41) is 22.6. The number of nitrogens with two attached hydrogens (primary N) is 1. The third-order valence-corrected chi connectivity index (χ3v) is 6.25. The van der Waals surface area contributed by atoms with Gasteiger partial charge >= 0.3 is 0 Å². The van der Waals surface area contributed by atoms with Crippen LogP contribution in [0.5, 0.6) is 0 Å².